The predicted octanol–water partition coefficient (Wildman–Crippen LogP) is 3.45. The highest BCUT2D eigenvalue weighted by Gasteiger charge is 2.24. The Hall–Kier alpha value is -3.37. The summed E-state index contributed by atoms with van der Waals surface area (Å²) in [4.78, 5) is 11.5. The molecule has 4 aromatic rings. The predicted molar refractivity (Wildman–Crippen MR) is 123 cm³/mol. The number of rotatable bonds is 4. The SMILES string of the molecule is CC1COCCN1c1cc(-c2ccc(S(C)(=O)=O)cc2F)c2ccnc(-c3ccn[nH]3)c2n1. The molecule has 0 bridgehead atoms. The lowest BCUT2D eigenvalue weighted by Crippen LogP contribution is -2.44. The van der Waals surface area contributed by atoms with Crippen LogP contribution in [0.3, 0.4) is 0 Å². The topological polar surface area (TPSA) is 101 Å². The van der Waals surface area contributed by atoms with Crippen molar-refractivity contribution in [2.45, 2.75) is 17.9 Å². The zero-order valence-corrected chi connectivity index (χ0v) is 18.9. The smallest absolute Gasteiger partial charge is 0.175 e. The average molecular weight is 468 g/mol. The molecule has 1 unspecified atom stereocenters. The number of hydrogen-bond donors (Lipinski definition) is 1. The third kappa shape index (κ3) is 3.96. The van der Waals surface area contributed by atoms with Gasteiger partial charge in [-0.1, -0.05) is 6.07 Å². The fraction of sp³-hybridized carbons (Fsp3) is 0.261. The number of nitrogens with one attached hydrogen (secondary N) is 1. The van der Waals surface area contributed by atoms with Crippen molar-refractivity contribution in [2.75, 3.05) is 30.9 Å². The lowest BCUT2D eigenvalue weighted by molar-refractivity contribution is 0.0986. The van der Waals surface area contributed by atoms with Gasteiger partial charge in [-0.3, -0.25) is 10.1 Å². The summed E-state index contributed by atoms with van der Waals surface area (Å²) in [6.45, 7) is 3.82. The maximum atomic E-state index is 15.3. The van der Waals surface area contributed by atoms with Crippen molar-refractivity contribution in [1.29, 1.82) is 0 Å². The highest BCUT2D eigenvalue weighted by Crippen LogP contribution is 2.37. The van der Waals surface area contributed by atoms with E-state index in [1.807, 2.05) is 13.0 Å². The Morgan fingerprint density at radius 3 is 2.70 bits per heavy atom. The molecular weight excluding hydrogens is 445 g/mol. The van der Waals surface area contributed by atoms with Gasteiger partial charge in [-0.05, 0) is 42.8 Å². The summed E-state index contributed by atoms with van der Waals surface area (Å²) in [6.07, 6.45) is 4.33. The van der Waals surface area contributed by atoms with Crippen LogP contribution in [0.4, 0.5) is 10.2 Å². The molecule has 3 aromatic heterocycles. The van der Waals surface area contributed by atoms with E-state index in [1.165, 1.54) is 12.1 Å². The number of halogens is 1. The Morgan fingerprint density at radius 1 is 1.15 bits per heavy atom. The Kier molecular flexibility index (Phi) is 5.34. The first-order valence-electron chi connectivity index (χ1n) is 10.5. The van der Waals surface area contributed by atoms with Crippen molar-refractivity contribution in [3.63, 3.8) is 0 Å². The van der Waals surface area contributed by atoms with Crippen LogP contribution >= 0.6 is 0 Å². The average Bonchev–Trinajstić information content (AvgIpc) is 3.32. The fourth-order valence-electron chi connectivity index (χ4n) is 4.11. The maximum absolute atomic E-state index is 15.3. The monoisotopic (exact) mass is 467 g/mol. The number of hydrogen-bond acceptors (Lipinski definition) is 7. The molecule has 1 aromatic carbocycles. The van der Waals surface area contributed by atoms with Crippen LogP contribution in [-0.2, 0) is 14.6 Å². The fourth-order valence-corrected chi connectivity index (χ4v) is 4.74. The summed E-state index contributed by atoms with van der Waals surface area (Å²) >= 11 is 0. The van der Waals surface area contributed by atoms with Crippen LogP contribution in [0.25, 0.3) is 33.4 Å². The molecule has 0 spiro atoms. The quantitative estimate of drug-likeness (QED) is 0.491. The van der Waals surface area contributed by atoms with Crippen molar-refractivity contribution in [3.8, 4) is 22.5 Å². The van der Waals surface area contributed by atoms with Gasteiger partial charge in [0.25, 0.3) is 0 Å². The molecule has 1 N–H and O–H groups in total. The first-order chi connectivity index (χ1) is 15.8. The molecule has 1 fully saturated rings. The number of sulfone groups is 1. The number of morpholine rings is 1. The molecule has 0 saturated carbocycles. The van der Waals surface area contributed by atoms with Gasteiger partial charge >= 0.3 is 0 Å². The van der Waals surface area contributed by atoms with Crippen molar-refractivity contribution in [1.82, 2.24) is 20.2 Å². The zero-order chi connectivity index (χ0) is 23.2. The molecular formula is C23H22FN5O3S. The van der Waals surface area contributed by atoms with Crippen molar-refractivity contribution >= 4 is 26.6 Å². The van der Waals surface area contributed by atoms with Crippen LogP contribution in [0.5, 0.6) is 0 Å². The Labute approximate surface area is 190 Å². The van der Waals surface area contributed by atoms with Crippen LogP contribution < -0.4 is 4.90 Å². The third-order valence-corrected chi connectivity index (χ3v) is 6.90. The molecule has 1 aliphatic rings. The largest absolute Gasteiger partial charge is 0.377 e. The summed E-state index contributed by atoms with van der Waals surface area (Å²) < 4.78 is 44.6. The number of H-pyrrole nitrogens is 1. The standard InChI is InChI=1S/C23H22FN5O3S/c1-14-13-32-10-9-29(14)21-12-18(16-4-3-15(11-19(16)24)33(2,30)31)17-5-7-25-23(22(17)27-21)20-6-8-26-28-20/h3-8,11-12,14H,9-10,13H2,1-2H3,(H,26,28). The molecule has 0 aliphatic carbocycles. The number of nitrogens with zero attached hydrogens (tertiary/aromatic N) is 4. The summed E-state index contributed by atoms with van der Waals surface area (Å²) in [7, 11) is -3.53. The lowest BCUT2D eigenvalue weighted by Gasteiger charge is -2.34. The van der Waals surface area contributed by atoms with E-state index >= 15 is 4.39 Å². The highest BCUT2D eigenvalue weighted by molar-refractivity contribution is 7.90. The zero-order valence-electron chi connectivity index (χ0n) is 18.1. The van der Waals surface area contributed by atoms with E-state index in [0.717, 1.165) is 12.3 Å². The van der Waals surface area contributed by atoms with Gasteiger partial charge in [0, 0.05) is 36.1 Å². The van der Waals surface area contributed by atoms with Crippen molar-refractivity contribution < 1.29 is 17.5 Å². The molecule has 0 radical (unpaired) electrons. The molecule has 10 heteroatoms. The molecule has 0 amide bonds. The van der Waals surface area contributed by atoms with Crippen LogP contribution in [0.2, 0.25) is 0 Å². The number of fused-ring (bicyclic) bond motifs is 1. The van der Waals surface area contributed by atoms with Gasteiger partial charge in [-0.15, -0.1) is 0 Å². The van der Waals surface area contributed by atoms with Gasteiger partial charge in [0.05, 0.1) is 29.8 Å². The van der Waals surface area contributed by atoms with E-state index in [-0.39, 0.29) is 10.9 Å². The van der Waals surface area contributed by atoms with Gasteiger partial charge in [-0.25, -0.2) is 17.8 Å². The maximum Gasteiger partial charge on any atom is 0.175 e. The van der Waals surface area contributed by atoms with E-state index < -0.39 is 15.7 Å². The molecule has 4 heterocycles. The van der Waals surface area contributed by atoms with E-state index in [4.69, 9.17) is 9.72 Å². The van der Waals surface area contributed by atoms with Gasteiger partial charge in [0.15, 0.2) is 9.84 Å². The first-order valence-corrected chi connectivity index (χ1v) is 12.4. The van der Waals surface area contributed by atoms with Gasteiger partial charge < -0.3 is 9.64 Å². The van der Waals surface area contributed by atoms with Crippen LogP contribution in [0, 0.1) is 5.82 Å². The van der Waals surface area contributed by atoms with E-state index in [2.05, 4.69) is 20.1 Å². The van der Waals surface area contributed by atoms with Crippen LogP contribution in [-0.4, -0.2) is 60.6 Å². The number of aromatic nitrogens is 4. The second-order valence-electron chi connectivity index (χ2n) is 8.09. The number of ether oxygens (including phenoxy) is 1. The minimum atomic E-state index is -3.53. The number of pyridine rings is 2. The Bertz CT molecular complexity index is 1440. The summed E-state index contributed by atoms with van der Waals surface area (Å²) in [5.74, 6) is 0.0555. The minimum Gasteiger partial charge on any atom is -0.377 e. The minimum absolute atomic E-state index is 0.0658. The molecule has 8 nitrogen and oxygen atoms in total. The second-order valence-corrected chi connectivity index (χ2v) is 10.1. The molecule has 170 valence electrons. The first kappa shape index (κ1) is 21.5. The summed E-state index contributed by atoms with van der Waals surface area (Å²) in [5, 5.41) is 7.64. The number of aromatic amines is 1. The Morgan fingerprint density at radius 2 is 2.00 bits per heavy atom. The normalized spacial score (nSPS) is 16.9. The number of benzene rings is 1. The van der Waals surface area contributed by atoms with E-state index in [9.17, 15) is 8.42 Å². The van der Waals surface area contributed by atoms with E-state index in [0.29, 0.717) is 59.0 Å². The van der Waals surface area contributed by atoms with Gasteiger partial charge in [0.1, 0.15) is 22.8 Å². The van der Waals surface area contributed by atoms with Crippen molar-refractivity contribution in [3.05, 3.63) is 54.6 Å². The van der Waals surface area contributed by atoms with Gasteiger partial charge in [-0.2, -0.15) is 5.10 Å². The molecule has 1 atom stereocenters. The summed E-state index contributed by atoms with van der Waals surface area (Å²) in [5.41, 5.74) is 2.79. The molecule has 5 rings (SSSR count). The van der Waals surface area contributed by atoms with Crippen molar-refractivity contribution in [2.24, 2.45) is 0 Å². The Balaban J connectivity index is 1.78. The number of anilines is 1. The van der Waals surface area contributed by atoms with Crippen LogP contribution in [0.15, 0.2) is 53.7 Å². The molecule has 33 heavy (non-hydrogen) atoms. The third-order valence-electron chi connectivity index (χ3n) is 5.79. The molecule has 1 aliphatic heterocycles. The van der Waals surface area contributed by atoms with Gasteiger partial charge in [0.2, 0.25) is 0 Å². The lowest BCUT2D eigenvalue weighted by atomic mass is 9.99. The summed E-state index contributed by atoms with van der Waals surface area (Å²) in [6, 6.07) is 9.51. The second kappa shape index (κ2) is 8.20. The van der Waals surface area contributed by atoms with E-state index in [1.54, 1.807) is 24.5 Å². The van der Waals surface area contributed by atoms with Crippen LogP contribution in [0.1, 0.15) is 6.92 Å². The highest BCUT2D eigenvalue weighted by atomic mass is 32.2. The molecule has 1 saturated heterocycles.